The number of hydrogen-bond donors (Lipinski definition) is 2. The number of hydrogen-bond acceptors (Lipinski definition) is 5. The zero-order chi connectivity index (χ0) is 15.0. The number of nitrogens with zero attached hydrogens (tertiary/aromatic N) is 4. The number of amides is 1. The van der Waals surface area contributed by atoms with E-state index in [1.54, 1.807) is 19.2 Å². The van der Waals surface area contributed by atoms with E-state index in [4.69, 9.17) is 17.3 Å². The number of benzene rings is 1. The van der Waals surface area contributed by atoms with E-state index in [0.29, 0.717) is 11.0 Å². The molecule has 0 aliphatic rings. The minimum absolute atomic E-state index is 0.114. The van der Waals surface area contributed by atoms with Crippen LogP contribution >= 0.6 is 11.6 Å². The molecule has 0 fully saturated rings. The van der Waals surface area contributed by atoms with Crippen molar-refractivity contribution in [1.29, 1.82) is 0 Å². The van der Waals surface area contributed by atoms with Crippen LogP contribution in [0.15, 0.2) is 30.5 Å². The van der Waals surface area contributed by atoms with Gasteiger partial charge in [-0.3, -0.25) is 9.48 Å². The third kappa shape index (κ3) is 2.38. The van der Waals surface area contributed by atoms with E-state index >= 15 is 0 Å². The predicted molar refractivity (Wildman–Crippen MR) is 80.1 cm³/mol. The first-order valence-corrected chi connectivity index (χ1v) is 6.45. The molecule has 1 aromatic carbocycles. The van der Waals surface area contributed by atoms with Gasteiger partial charge in [0.1, 0.15) is 5.69 Å². The van der Waals surface area contributed by atoms with E-state index in [0.717, 1.165) is 0 Å². The van der Waals surface area contributed by atoms with Gasteiger partial charge in [-0.25, -0.2) is 9.97 Å². The molecule has 2 heterocycles. The van der Waals surface area contributed by atoms with Crippen LogP contribution in [0.4, 0.5) is 11.5 Å². The van der Waals surface area contributed by atoms with Crippen molar-refractivity contribution in [3.8, 4) is 0 Å². The molecule has 2 aromatic heterocycles. The molecule has 0 saturated heterocycles. The second-order valence-corrected chi connectivity index (χ2v) is 4.74. The normalized spacial score (nSPS) is 10.8. The highest BCUT2D eigenvalue weighted by Gasteiger charge is 2.17. The van der Waals surface area contributed by atoms with Crippen molar-refractivity contribution >= 4 is 40.0 Å². The number of rotatable bonds is 2. The third-order valence-electron chi connectivity index (χ3n) is 2.94. The highest BCUT2D eigenvalue weighted by Crippen LogP contribution is 2.22. The van der Waals surface area contributed by atoms with Gasteiger partial charge in [-0.1, -0.05) is 23.7 Å². The molecule has 0 aliphatic carbocycles. The maximum Gasteiger partial charge on any atom is 0.277 e. The summed E-state index contributed by atoms with van der Waals surface area (Å²) in [4.78, 5) is 20.7. The molecule has 0 unspecified atom stereocenters. The fourth-order valence-electron chi connectivity index (χ4n) is 1.96. The Balaban J connectivity index is 1.98. The lowest BCUT2D eigenvalue weighted by Gasteiger charge is -2.08. The van der Waals surface area contributed by atoms with Crippen molar-refractivity contribution in [2.24, 2.45) is 7.05 Å². The Morgan fingerprint density at radius 2 is 1.95 bits per heavy atom. The van der Waals surface area contributed by atoms with Gasteiger partial charge in [0.2, 0.25) is 0 Å². The summed E-state index contributed by atoms with van der Waals surface area (Å²) < 4.78 is 1.38. The minimum Gasteiger partial charge on any atom is -0.396 e. The van der Waals surface area contributed by atoms with Crippen molar-refractivity contribution in [2.45, 2.75) is 0 Å². The van der Waals surface area contributed by atoms with Crippen LogP contribution in [0.5, 0.6) is 0 Å². The number of carbonyl (C=O) groups excluding carboxylic acids is 1. The van der Waals surface area contributed by atoms with Gasteiger partial charge in [-0.05, 0) is 12.1 Å². The Hall–Kier alpha value is -2.67. The molecule has 1 amide bonds. The monoisotopic (exact) mass is 302 g/mol. The molecule has 0 spiro atoms. The molecule has 0 bridgehead atoms. The van der Waals surface area contributed by atoms with E-state index in [-0.39, 0.29) is 22.4 Å². The number of para-hydroxylation sites is 2. The van der Waals surface area contributed by atoms with Crippen molar-refractivity contribution in [1.82, 2.24) is 19.7 Å². The minimum atomic E-state index is -0.445. The summed E-state index contributed by atoms with van der Waals surface area (Å²) in [5.41, 5.74) is 7.51. The summed E-state index contributed by atoms with van der Waals surface area (Å²) in [7, 11) is 1.62. The number of nitrogen functional groups attached to an aromatic ring is 1. The molecule has 21 heavy (non-hydrogen) atoms. The zero-order valence-electron chi connectivity index (χ0n) is 11.0. The summed E-state index contributed by atoms with van der Waals surface area (Å²) in [6.45, 7) is 0. The fourth-order valence-corrected chi connectivity index (χ4v) is 2.14. The molecular weight excluding hydrogens is 292 g/mol. The second-order valence-electron chi connectivity index (χ2n) is 4.38. The summed E-state index contributed by atoms with van der Waals surface area (Å²) in [6, 6.07) is 7.24. The van der Waals surface area contributed by atoms with Gasteiger partial charge in [-0.15, -0.1) is 0 Å². The number of aryl methyl sites for hydroxylation is 1. The fraction of sp³-hybridized carbons (Fsp3) is 0.0769. The van der Waals surface area contributed by atoms with E-state index in [9.17, 15) is 4.79 Å². The molecule has 0 radical (unpaired) electrons. The molecule has 7 nitrogen and oxygen atoms in total. The quantitative estimate of drug-likeness (QED) is 0.752. The predicted octanol–water partition coefficient (Wildman–Crippen LogP) is 1.85. The van der Waals surface area contributed by atoms with Crippen LogP contribution in [0.1, 0.15) is 10.5 Å². The average molecular weight is 303 g/mol. The molecule has 0 aliphatic heterocycles. The molecule has 106 valence electrons. The lowest BCUT2D eigenvalue weighted by atomic mass is 10.3. The van der Waals surface area contributed by atoms with Crippen LogP contribution in [0.2, 0.25) is 5.15 Å². The molecular formula is C13H11ClN6O. The van der Waals surface area contributed by atoms with Gasteiger partial charge >= 0.3 is 0 Å². The topological polar surface area (TPSA) is 98.7 Å². The zero-order valence-corrected chi connectivity index (χ0v) is 11.8. The Morgan fingerprint density at radius 1 is 1.29 bits per heavy atom. The van der Waals surface area contributed by atoms with Gasteiger partial charge in [0, 0.05) is 7.05 Å². The van der Waals surface area contributed by atoms with Crippen molar-refractivity contribution in [2.75, 3.05) is 11.1 Å². The molecule has 3 aromatic rings. The molecule has 3 rings (SSSR count). The van der Waals surface area contributed by atoms with Crippen molar-refractivity contribution in [3.63, 3.8) is 0 Å². The summed E-state index contributed by atoms with van der Waals surface area (Å²) >= 11 is 6.05. The number of anilines is 2. The van der Waals surface area contributed by atoms with Gasteiger partial charge in [0.25, 0.3) is 5.91 Å². The van der Waals surface area contributed by atoms with E-state index in [2.05, 4.69) is 20.4 Å². The number of carbonyl (C=O) groups is 1. The van der Waals surface area contributed by atoms with Crippen LogP contribution in [0.3, 0.4) is 0 Å². The van der Waals surface area contributed by atoms with Crippen molar-refractivity contribution < 1.29 is 4.79 Å². The van der Waals surface area contributed by atoms with Gasteiger partial charge in [0.15, 0.2) is 11.0 Å². The first-order valence-electron chi connectivity index (χ1n) is 6.07. The molecule has 3 N–H and O–H groups in total. The van der Waals surface area contributed by atoms with Crippen molar-refractivity contribution in [3.05, 3.63) is 41.3 Å². The average Bonchev–Trinajstić information content (AvgIpc) is 2.79. The number of nitrogens with one attached hydrogen (secondary N) is 1. The third-order valence-corrected chi connectivity index (χ3v) is 3.21. The Kier molecular flexibility index (Phi) is 3.19. The number of aromatic nitrogens is 4. The lowest BCUT2D eigenvalue weighted by Crippen LogP contribution is -2.18. The Morgan fingerprint density at radius 3 is 2.57 bits per heavy atom. The van der Waals surface area contributed by atoms with E-state index in [1.165, 1.54) is 10.9 Å². The maximum atomic E-state index is 12.2. The van der Waals surface area contributed by atoms with Gasteiger partial charge in [0.05, 0.1) is 22.9 Å². The van der Waals surface area contributed by atoms with E-state index in [1.807, 2.05) is 12.1 Å². The first kappa shape index (κ1) is 13.3. The highest BCUT2D eigenvalue weighted by atomic mass is 35.5. The van der Waals surface area contributed by atoms with Gasteiger partial charge in [-0.2, -0.15) is 5.10 Å². The number of nitrogens with two attached hydrogens (primary N) is 1. The Labute approximate surface area is 124 Å². The highest BCUT2D eigenvalue weighted by molar-refractivity contribution is 6.32. The second kappa shape index (κ2) is 5.02. The maximum absolute atomic E-state index is 12.2. The Bertz CT molecular complexity index is 824. The summed E-state index contributed by atoms with van der Waals surface area (Å²) in [5.74, 6) is -0.264. The van der Waals surface area contributed by atoms with Crippen LogP contribution in [-0.2, 0) is 7.05 Å². The van der Waals surface area contributed by atoms with Crippen LogP contribution in [-0.4, -0.2) is 25.7 Å². The SMILES string of the molecule is Cn1ncc(N)c1C(=O)Nc1nc2ccccc2nc1Cl. The number of fused-ring (bicyclic) bond motifs is 1. The van der Waals surface area contributed by atoms with Crippen LogP contribution in [0, 0.1) is 0 Å². The number of halogens is 1. The molecule has 0 atom stereocenters. The first-order chi connectivity index (χ1) is 10.1. The lowest BCUT2D eigenvalue weighted by molar-refractivity contribution is 0.101. The van der Waals surface area contributed by atoms with Gasteiger partial charge < -0.3 is 11.1 Å². The molecule has 0 saturated carbocycles. The smallest absolute Gasteiger partial charge is 0.277 e. The summed E-state index contributed by atoms with van der Waals surface area (Å²) in [5, 5.41) is 6.63. The summed E-state index contributed by atoms with van der Waals surface area (Å²) in [6.07, 6.45) is 1.41. The standard InChI is InChI=1S/C13H11ClN6O/c1-20-10(7(15)6-16-20)13(21)19-12-11(14)17-8-4-2-3-5-9(8)18-12/h2-6H,15H2,1H3,(H,18,19,21). The van der Waals surface area contributed by atoms with E-state index < -0.39 is 5.91 Å². The largest absolute Gasteiger partial charge is 0.396 e. The van der Waals surface area contributed by atoms with Crippen LogP contribution < -0.4 is 11.1 Å². The van der Waals surface area contributed by atoms with Crippen LogP contribution in [0.25, 0.3) is 11.0 Å². The molecule has 8 heteroatoms.